The molecule has 0 aliphatic carbocycles. The Morgan fingerprint density at radius 3 is 2.37 bits per heavy atom. The SMILES string of the molecule is CCOc1ccc(C2/C(=C(/O)c3ccc4ccccc4c3)C(=O)C(=O)N2c2cccc(Cl)c2)cc1. The van der Waals surface area contributed by atoms with Crippen LogP contribution in [0.5, 0.6) is 5.75 Å². The van der Waals surface area contributed by atoms with E-state index in [9.17, 15) is 14.7 Å². The van der Waals surface area contributed by atoms with Gasteiger partial charge in [0.1, 0.15) is 11.5 Å². The molecule has 4 aromatic rings. The Labute approximate surface area is 207 Å². The maximum absolute atomic E-state index is 13.3. The van der Waals surface area contributed by atoms with E-state index in [0.717, 1.165) is 10.8 Å². The summed E-state index contributed by atoms with van der Waals surface area (Å²) in [6.45, 7) is 2.41. The molecule has 1 saturated heterocycles. The Hall–Kier alpha value is -4.09. The highest BCUT2D eigenvalue weighted by Gasteiger charge is 2.47. The van der Waals surface area contributed by atoms with Gasteiger partial charge in [0, 0.05) is 16.3 Å². The molecule has 4 aromatic carbocycles. The summed E-state index contributed by atoms with van der Waals surface area (Å²) in [4.78, 5) is 28.0. The molecule has 5 rings (SSSR count). The maximum atomic E-state index is 13.3. The predicted octanol–water partition coefficient (Wildman–Crippen LogP) is 6.52. The lowest BCUT2D eigenvalue weighted by molar-refractivity contribution is -0.132. The molecule has 0 bridgehead atoms. The van der Waals surface area contributed by atoms with Crippen LogP contribution >= 0.6 is 11.6 Å². The number of ketones is 1. The molecule has 174 valence electrons. The van der Waals surface area contributed by atoms with Gasteiger partial charge in [0.05, 0.1) is 18.2 Å². The van der Waals surface area contributed by atoms with Crippen LogP contribution in [0.2, 0.25) is 5.02 Å². The number of halogens is 1. The van der Waals surface area contributed by atoms with Crippen LogP contribution in [0.15, 0.2) is 96.6 Å². The Balaban J connectivity index is 1.70. The zero-order chi connectivity index (χ0) is 24.5. The summed E-state index contributed by atoms with van der Waals surface area (Å²) in [5, 5.41) is 13.7. The lowest BCUT2D eigenvalue weighted by atomic mass is 9.94. The zero-order valence-corrected chi connectivity index (χ0v) is 19.7. The summed E-state index contributed by atoms with van der Waals surface area (Å²) in [5.74, 6) is -1.04. The number of carbonyl (C=O) groups excluding carboxylic acids is 2. The fourth-order valence-electron chi connectivity index (χ4n) is 4.45. The molecule has 1 heterocycles. The highest BCUT2D eigenvalue weighted by atomic mass is 35.5. The molecule has 0 saturated carbocycles. The van der Waals surface area contributed by atoms with Gasteiger partial charge in [-0.05, 0) is 59.7 Å². The number of nitrogens with zero attached hydrogens (tertiary/aromatic N) is 1. The number of hydrogen-bond acceptors (Lipinski definition) is 4. The Kier molecular flexibility index (Phi) is 6.01. The number of Topliss-reactive ketones (excluding diaryl/α,β-unsaturated/α-hetero) is 1. The van der Waals surface area contributed by atoms with Gasteiger partial charge in [-0.2, -0.15) is 0 Å². The van der Waals surface area contributed by atoms with Crippen LogP contribution in [0, 0.1) is 0 Å². The Morgan fingerprint density at radius 2 is 1.66 bits per heavy atom. The predicted molar refractivity (Wildman–Crippen MR) is 138 cm³/mol. The molecule has 0 spiro atoms. The Bertz CT molecular complexity index is 1480. The molecule has 1 amide bonds. The van der Waals surface area contributed by atoms with E-state index < -0.39 is 17.7 Å². The summed E-state index contributed by atoms with van der Waals surface area (Å²) in [5.41, 5.74) is 1.61. The molecule has 1 fully saturated rings. The van der Waals surface area contributed by atoms with Crippen LogP contribution in [0.4, 0.5) is 5.69 Å². The van der Waals surface area contributed by atoms with Crippen LogP contribution in [0.1, 0.15) is 24.1 Å². The first kappa shape index (κ1) is 22.7. The standard InChI is InChI=1S/C29H22ClNO4/c1-2-35-24-14-12-19(13-15-24)26-25(27(32)21-11-10-18-6-3-4-7-20(18)16-21)28(33)29(34)31(26)23-9-5-8-22(30)17-23/h3-17,26,32H,2H2,1H3/b27-25-. The van der Waals surface area contributed by atoms with Gasteiger partial charge < -0.3 is 9.84 Å². The molecule has 1 unspecified atom stereocenters. The smallest absolute Gasteiger partial charge is 0.300 e. The molecule has 35 heavy (non-hydrogen) atoms. The number of benzene rings is 4. The van der Waals surface area contributed by atoms with Crippen molar-refractivity contribution >= 4 is 45.5 Å². The van der Waals surface area contributed by atoms with Gasteiger partial charge in [0.2, 0.25) is 0 Å². The van der Waals surface area contributed by atoms with Crippen molar-refractivity contribution in [2.24, 2.45) is 0 Å². The van der Waals surface area contributed by atoms with E-state index in [0.29, 0.717) is 34.2 Å². The van der Waals surface area contributed by atoms with Crippen molar-refractivity contribution in [1.29, 1.82) is 0 Å². The first-order valence-electron chi connectivity index (χ1n) is 11.3. The maximum Gasteiger partial charge on any atom is 0.300 e. The highest BCUT2D eigenvalue weighted by Crippen LogP contribution is 2.43. The summed E-state index contributed by atoms with van der Waals surface area (Å²) in [6, 6.07) is 26.3. The zero-order valence-electron chi connectivity index (χ0n) is 18.9. The lowest BCUT2D eigenvalue weighted by Gasteiger charge is -2.25. The normalized spacial score (nSPS) is 17.2. The van der Waals surface area contributed by atoms with Gasteiger partial charge in [0.15, 0.2) is 0 Å². The van der Waals surface area contributed by atoms with Crippen molar-refractivity contribution in [3.63, 3.8) is 0 Å². The summed E-state index contributed by atoms with van der Waals surface area (Å²) >= 11 is 6.21. The number of rotatable bonds is 5. The fourth-order valence-corrected chi connectivity index (χ4v) is 4.63. The van der Waals surface area contributed by atoms with Crippen molar-refractivity contribution in [1.82, 2.24) is 0 Å². The number of fused-ring (bicyclic) bond motifs is 1. The molecular weight excluding hydrogens is 462 g/mol. The lowest BCUT2D eigenvalue weighted by Crippen LogP contribution is -2.29. The van der Waals surface area contributed by atoms with Crippen LogP contribution < -0.4 is 9.64 Å². The van der Waals surface area contributed by atoms with Crippen molar-refractivity contribution in [2.45, 2.75) is 13.0 Å². The number of anilines is 1. The number of carbonyl (C=O) groups is 2. The minimum Gasteiger partial charge on any atom is -0.507 e. The van der Waals surface area contributed by atoms with E-state index in [1.165, 1.54) is 4.90 Å². The topological polar surface area (TPSA) is 66.8 Å². The van der Waals surface area contributed by atoms with E-state index in [1.807, 2.05) is 43.3 Å². The van der Waals surface area contributed by atoms with Crippen molar-refractivity contribution in [3.05, 3.63) is 113 Å². The van der Waals surface area contributed by atoms with E-state index in [1.54, 1.807) is 54.6 Å². The molecule has 1 atom stereocenters. The summed E-state index contributed by atoms with van der Waals surface area (Å²) in [7, 11) is 0. The van der Waals surface area contributed by atoms with Gasteiger partial charge in [-0.1, -0.05) is 66.2 Å². The molecule has 1 aliphatic heterocycles. The van der Waals surface area contributed by atoms with Crippen LogP contribution in [0.3, 0.4) is 0 Å². The third-order valence-corrected chi connectivity index (χ3v) is 6.30. The number of hydrogen-bond donors (Lipinski definition) is 1. The largest absolute Gasteiger partial charge is 0.507 e. The summed E-state index contributed by atoms with van der Waals surface area (Å²) in [6.07, 6.45) is 0. The average molecular weight is 484 g/mol. The molecule has 1 aliphatic rings. The number of aliphatic hydroxyl groups is 1. The highest BCUT2D eigenvalue weighted by molar-refractivity contribution is 6.51. The van der Waals surface area contributed by atoms with Gasteiger partial charge in [0.25, 0.3) is 11.7 Å². The quantitative estimate of drug-likeness (QED) is 0.199. The van der Waals surface area contributed by atoms with Crippen molar-refractivity contribution < 1.29 is 19.4 Å². The number of amides is 1. The molecule has 1 N–H and O–H groups in total. The summed E-state index contributed by atoms with van der Waals surface area (Å²) < 4.78 is 5.55. The fraction of sp³-hybridized carbons (Fsp3) is 0.103. The van der Waals surface area contributed by atoms with E-state index >= 15 is 0 Å². The van der Waals surface area contributed by atoms with Crippen LogP contribution in [0.25, 0.3) is 16.5 Å². The monoisotopic (exact) mass is 483 g/mol. The molecular formula is C29H22ClNO4. The van der Waals surface area contributed by atoms with Gasteiger partial charge in [-0.3, -0.25) is 14.5 Å². The van der Waals surface area contributed by atoms with E-state index in [2.05, 4.69) is 0 Å². The van der Waals surface area contributed by atoms with E-state index in [-0.39, 0.29) is 11.3 Å². The van der Waals surface area contributed by atoms with Crippen LogP contribution in [-0.2, 0) is 9.59 Å². The average Bonchev–Trinajstić information content (AvgIpc) is 3.14. The third kappa shape index (κ3) is 4.15. The Morgan fingerprint density at radius 1 is 0.914 bits per heavy atom. The van der Waals surface area contributed by atoms with Crippen molar-refractivity contribution in [3.8, 4) is 5.75 Å². The third-order valence-electron chi connectivity index (χ3n) is 6.06. The molecule has 6 heteroatoms. The van der Waals surface area contributed by atoms with Gasteiger partial charge in [-0.15, -0.1) is 0 Å². The van der Waals surface area contributed by atoms with Crippen molar-refractivity contribution in [2.75, 3.05) is 11.5 Å². The first-order valence-corrected chi connectivity index (χ1v) is 11.6. The minimum absolute atomic E-state index is 0.0226. The second-order valence-corrected chi connectivity index (χ2v) is 8.65. The van der Waals surface area contributed by atoms with E-state index in [4.69, 9.17) is 16.3 Å². The van der Waals surface area contributed by atoms with Crippen LogP contribution in [-0.4, -0.2) is 23.4 Å². The molecule has 5 nitrogen and oxygen atoms in total. The number of ether oxygens (including phenoxy) is 1. The van der Waals surface area contributed by atoms with Gasteiger partial charge >= 0.3 is 0 Å². The first-order chi connectivity index (χ1) is 17.0. The second-order valence-electron chi connectivity index (χ2n) is 8.21. The second kappa shape index (κ2) is 9.28. The number of aliphatic hydroxyl groups excluding tert-OH is 1. The van der Waals surface area contributed by atoms with Gasteiger partial charge in [-0.25, -0.2) is 0 Å². The molecule has 0 radical (unpaired) electrons. The molecule has 0 aromatic heterocycles. The minimum atomic E-state index is -0.837.